The molecule has 2 heterocycles. The van der Waals surface area contributed by atoms with Gasteiger partial charge in [0.25, 0.3) is 0 Å². The normalized spacial score (nSPS) is 38.1. The van der Waals surface area contributed by atoms with Crippen molar-refractivity contribution in [1.29, 1.82) is 0 Å². The third-order valence-corrected chi connectivity index (χ3v) is 5.17. The van der Waals surface area contributed by atoms with Gasteiger partial charge in [0.1, 0.15) is 0 Å². The molecule has 1 saturated carbocycles. The van der Waals surface area contributed by atoms with E-state index in [4.69, 9.17) is 4.74 Å². The van der Waals surface area contributed by atoms with Crippen LogP contribution in [0.3, 0.4) is 0 Å². The van der Waals surface area contributed by atoms with Gasteiger partial charge in [-0.05, 0) is 25.8 Å². The summed E-state index contributed by atoms with van der Waals surface area (Å²) in [4.78, 5) is 5.42. The van der Waals surface area contributed by atoms with Gasteiger partial charge in [-0.25, -0.2) is 0 Å². The summed E-state index contributed by atoms with van der Waals surface area (Å²) in [5, 5.41) is 3.69. The van der Waals surface area contributed by atoms with Gasteiger partial charge in [0.15, 0.2) is 0 Å². The van der Waals surface area contributed by atoms with E-state index in [-0.39, 0.29) is 0 Å². The monoisotopic (exact) mass is 267 g/mol. The fourth-order valence-electron chi connectivity index (χ4n) is 4.19. The highest BCUT2D eigenvalue weighted by Gasteiger charge is 2.37. The number of likely N-dealkylation sites (tertiary alicyclic amines) is 1. The summed E-state index contributed by atoms with van der Waals surface area (Å²) in [6.07, 6.45) is 5.53. The van der Waals surface area contributed by atoms with Crippen LogP contribution in [-0.2, 0) is 4.74 Å². The summed E-state index contributed by atoms with van der Waals surface area (Å²) in [7, 11) is 0. The minimum atomic E-state index is 0.744. The molecule has 4 nitrogen and oxygen atoms in total. The molecule has 0 bridgehead atoms. The molecule has 0 aromatic rings. The number of likely N-dealkylation sites (N-methyl/N-ethyl adjacent to an activating group) is 1. The van der Waals surface area contributed by atoms with Crippen LogP contribution >= 0.6 is 0 Å². The number of rotatable bonds is 4. The van der Waals surface area contributed by atoms with Gasteiger partial charge in [-0.1, -0.05) is 13.3 Å². The van der Waals surface area contributed by atoms with Gasteiger partial charge in [-0.3, -0.25) is 9.80 Å². The topological polar surface area (TPSA) is 27.7 Å². The van der Waals surface area contributed by atoms with Crippen molar-refractivity contribution in [3.8, 4) is 0 Å². The molecule has 3 fully saturated rings. The van der Waals surface area contributed by atoms with Crippen LogP contribution in [0.15, 0.2) is 0 Å². The average molecular weight is 267 g/mol. The van der Waals surface area contributed by atoms with Gasteiger partial charge in [-0.15, -0.1) is 0 Å². The Balaban J connectivity index is 1.53. The molecule has 1 aliphatic carbocycles. The summed E-state index contributed by atoms with van der Waals surface area (Å²) in [5.41, 5.74) is 0. The maximum Gasteiger partial charge on any atom is 0.0594 e. The molecule has 110 valence electrons. The highest BCUT2D eigenvalue weighted by atomic mass is 16.5. The van der Waals surface area contributed by atoms with Crippen molar-refractivity contribution >= 4 is 0 Å². The molecule has 2 saturated heterocycles. The minimum absolute atomic E-state index is 0.744. The van der Waals surface area contributed by atoms with Gasteiger partial charge in [0.05, 0.1) is 13.2 Å². The number of nitrogens with one attached hydrogen (secondary N) is 1. The van der Waals surface area contributed by atoms with Gasteiger partial charge in [-0.2, -0.15) is 0 Å². The van der Waals surface area contributed by atoms with E-state index in [1.807, 2.05) is 0 Å². The van der Waals surface area contributed by atoms with Crippen molar-refractivity contribution in [3.05, 3.63) is 0 Å². The molecule has 19 heavy (non-hydrogen) atoms. The van der Waals surface area contributed by atoms with Gasteiger partial charge in [0, 0.05) is 44.3 Å². The lowest BCUT2D eigenvalue weighted by atomic mass is 10.1. The number of hydrogen-bond acceptors (Lipinski definition) is 4. The second-order valence-corrected chi connectivity index (χ2v) is 6.25. The van der Waals surface area contributed by atoms with Crippen molar-refractivity contribution in [1.82, 2.24) is 15.1 Å². The summed E-state index contributed by atoms with van der Waals surface area (Å²) in [5.74, 6) is 0. The predicted molar refractivity (Wildman–Crippen MR) is 77.5 cm³/mol. The van der Waals surface area contributed by atoms with E-state index in [2.05, 4.69) is 22.0 Å². The third kappa shape index (κ3) is 3.13. The zero-order valence-corrected chi connectivity index (χ0v) is 12.3. The number of nitrogens with zero attached hydrogens (tertiary/aromatic N) is 2. The van der Waals surface area contributed by atoms with Crippen LogP contribution in [-0.4, -0.2) is 73.9 Å². The molecule has 2 aliphatic heterocycles. The first-order valence-electron chi connectivity index (χ1n) is 8.17. The zero-order valence-electron chi connectivity index (χ0n) is 12.3. The van der Waals surface area contributed by atoms with Crippen molar-refractivity contribution in [2.75, 3.05) is 45.9 Å². The van der Waals surface area contributed by atoms with E-state index >= 15 is 0 Å². The molecule has 3 rings (SSSR count). The molecule has 1 N–H and O–H groups in total. The molecule has 3 atom stereocenters. The Kier molecular flexibility index (Phi) is 4.74. The van der Waals surface area contributed by atoms with E-state index in [1.165, 1.54) is 38.8 Å². The summed E-state index contributed by atoms with van der Waals surface area (Å²) in [6, 6.07) is 2.33. The maximum atomic E-state index is 5.47. The van der Waals surface area contributed by atoms with Crippen LogP contribution in [0.25, 0.3) is 0 Å². The predicted octanol–water partition coefficient (Wildman–Crippen LogP) is 0.924. The fraction of sp³-hybridized carbons (Fsp3) is 1.00. The van der Waals surface area contributed by atoms with E-state index in [1.54, 1.807) is 0 Å². The summed E-state index contributed by atoms with van der Waals surface area (Å²) in [6.45, 7) is 10.1. The molecule has 4 heteroatoms. The Morgan fingerprint density at radius 2 is 1.89 bits per heavy atom. The molecule has 0 aromatic heterocycles. The van der Waals surface area contributed by atoms with Crippen molar-refractivity contribution in [2.24, 2.45) is 0 Å². The van der Waals surface area contributed by atoms with E-state index in [0.717, 1.165) is 51.0 Å². The second kappa shape index (κ2) is 6.53. The van der Waals surface area contributed by atoms with Crippen molar-refractivity contribution in [3.63, 3.8) is 0 Å². The first kappa shape index (κ1) is 13.8. The van der Waals surface area contributed by atoms with Crippen LogP contribution in [0.1, 0.15) is 32.6 Å². The molecule has 0 radical (unpaired) electrons. The third-order valence-electron chi connectivity index (χ3n) is 5.17. The minimum Gasteiger partial charge on any atom is -0.379 e. The Morgan fingerprint density at radius 1 is 1.05 bits per heavy atom. The molecule has 3 unspecified atom stereocenters. The Morgan fingerprint density at radius 3 is 2.68 bits per heavy atom. The molecule has 0 spiro atoms. The molecular formula is C15H29N3O. The quantitative estimate of drug-likeness (QED) is 0.820. The lowest BCUT2D eigenvalue weighted by molar-refractivity contribution is 0.0174. The molecule has 0 amide bonds. The van der Waals surface area contributed by atoms with Gasteiger partial charge in [0.2, 0.25) is 0 Å². The van der Waals surface area contributed by atoms with Crippen LogP contribution in [0.4, 0.5) is 0 Å². The Bertz CT molecular complexity index is 281. The smallest absolute Gasteiger partial charge is 0.0594 e. The summed E-state index contributed by atoms with van der Waals surface area (Å²) >= 11 is 0. The first-order valence-corrected chi connectivity index (χ1v) is 8.17. The molecular weight excluding hydrogens is 238 g/mol. The van der Waals surface area contributed by atoms with Gasteiger partial charge >= 0.3 is 0 Å². The van der Waals surface area contributed by atoms with E-state index in [9.17, 15) is 0 Å². The Hall–Kier alpha value is -0.160. The van der Waals surface area contributed by atoms with Crippen molar-refractivity contribution < 1.29 is 4.74 Å². The zero-order chi connectivity index (χ0) is 13.1. The standard InChI is InChI=1S/C15H29N3O/c1-2-16-14-4-3-5-15(14)18-7-6-13(12-18)17-8-10-19-11-9-17/h13-16H,2-12H2,1H3. The van der Waals surface area contributed by atoms with Crippen LogP contribution in [0.5, 0.6) is 0 Å². The van der Waals surface area contributed by atoms with E-state index in [0.29, 0.717) is 0 Å². The van der Waals surface area contributed by atoms with E-state index < -0.39 is 0 Å². The average Bonchev–Trinajstić information content (AvgIpc) is 3.08. The lowest BCUT2D eigenvalue weighted by Gasteiger charge is -2.34. The largest absolute Gasteiger partial charge is 0.379 e. The van der Waals surface area contributed by atoms with Crippen LogP contribution in [0.2, 0.25) is 0 Å². The number of ether oxygens (including phenoxy) is 1. The SMILES string of the molecule is CCNC1CCCC1N1CCC(N2CCOCC2)C1. The molecule has 0 aromatic carbocycles. The van der Waals surface area contributed by atoms with Crippen molar-refractivity contribution in [2.45, 2.75) is 50.7 Å². The number of hydrogen-bond donors (Lipinski definition) is 1. The van der Waals surface area contributed by atoms with Crippen LogP contribution in [0, 0.1) is 0 Å². The highest BCUT2D eigenvalue weighted by molar-refractivity contribution is 4.95. The maximum absolute atomic E-state index is 5.47. The Labute approximate surface area is 117 Å². The lowest BCUT2D eigenvalue weighted by Crippen LogP contribution is -2.48. The summed E-state index contributed by atoms with van der Waals surface area (Å²) < 4.78 is 5.47. The second-order valence-electron chi connectivity index (χ2n) is 6.25. The highest BCUT2D eigenvalue weighted by Crippen LogP contribution is 2.28. The first-order chi connectivity index (χ1) is 9.38. The van der Waals surface area contributed by atoms with Gasteiger partial charge < -0.3 is 10.1 Å². The number of morpholine rings is 1. The molecule has 3 aliphatic rings. The van der Waals surface area contributed by atoms with Crippen LogP contribution < -0.4 is 5.32 Å². The fourth-order valence-corrected chi connectivity index (χ4v) is 4.19.